The van der Waals surface area contributed by atoms with Crippen LogP contribution >= 0.6 is 0 Å². The first-order chi connectivity index (χ1) is 7.47. The third-order valence-electron chi connectivity index (χ3n) is 2.66. The summed E-state index contributed by atoms with van der Waals surface area (Å²) in [5.74, 6) is -0.589. The Balaban J connectivity index is 3.56. The van der Waals surface area contributed by atoms with Crippen molar-refractivity contribution in [2.45, 2.75) is 45.6 Å². The average Bonchev–Trinajstić information content (AvgIpc) is 2.25. The summed E-state index contributed by atoms with van der Waals surface area (Å²) in [6, 6.07) is -0.944. The van der Waals surface area contributed by atoms with Crippen LogP contribution in [0.25, 0.3) is 0 Å². The number of hydrogen-bond acceptors (Lipinski definition) is 3. The third-order valence-corrected chi connectivity index (χ3v) is 2.66. The number of carboxylic acid groups (broad SMARTS) is 1. The highest BCUT2D eigenvalue weighted by Gasteiger charge is 2.13. The molecule has 0 bridgehead atoms. The maximum Gasteiger partial charge on any atom is 0.320 e. The van der Waals surface area contributed by atoms with Crippen LogP contribution in [-0.4, -0.2) is 29.6 Å². The minimum atomic E-state index is -1.06. The van der Waals surface area contributed by atoms with Crippen LogP contribution in [0.2, 0.25) is 0 Å². The van der Waals surface area contributed by atoms with Crippen LogP contribution in [0, 0.1) is 5.92 Å². The Kier molecular flexibility index (Phi) is 7.54. The molecule has 0 aromatic carbocycles. The summed E-state index contributed by atoms with van der Waals surface area (Å²) in [5.41, 5.74) is 5.28. The Morgan fingerprint density at radius 3 is 2.50 bits per heavy atom. The van der Waals surface area contributed by atoms with E-state index < -0.39 is 12.0 Å². The molecule has 94 valence electrons. The molecule has 0 aliphatic carbocycles. The van der Waals surface area contributed by atoms with Crippen molar-refractivity contribution in [3.63, 3.8) is 0 Å². The van der Waals surface area contributed by atoms with E-state index in [9.17, 15) is 9.59 Å². The van der Waals surface area contributed by atoms with E-state index in [4.69, 9.17) is 10.8 Å². The van der Waals surface area contributed by atoms with Gasteiger partial charge in [-0.1, -0.05) is 20.3 Å². The summed E-state index contributed by atoms with van der Waals surface area (Å²) in [4.78, 5) is 21.7. The van der Waals surface area contributed by atoms with Gasteiger partial charge < -0.3 is 16.2 Å². The van der Waals surface area contributed by atoms with Crippen LogP contribution in [0.15, 0.2) is 0 Å². The molecule has 2 unspecified atom stereocenters. The van der Waals surface area contributed by atoms with Crippen molar-refractivity contribution >= 4 is 11.9 Å². The van der Waals surface area contributed by atoms with E-state index in [0.29, 0.717) is 12.5 Å². The van der Waals surface area contributed by atoms with E-state index in [0.717, 1.165) is 12.8 Å². The van der Waals surface area contributed by atoms with Crippen molar-refractivity contribution in [3.05, 3.63) is 0 Å². The number of aliphatic carboxylic acids is 1. The fourth-order valence-electron chi connectivity index (χ4n) is 1.16. The number of carbonyl (C=O) groups is 2. The molecule has 5 heteroatoms. The van der Waals surface area contributed by atoms with Crippen LogP contribution in [0.3, 0.4) is 0 Å². The zero-order valence-electron chi connectivity index (χ0n) is 10.0. The molecule has 0 aromatic heterocycles. The van der Waals surface area contributed by atoms with Gasteiger partial charge in [0.15, 0.2) is 0 Å². The molecule has 0 aliphatic heterocycles. The zero-order valence-corrected chi connectivity index (χ0v) is 10.0. The van der Waals surface area contributed by atoms with Crippen molar-refractivity contribution in [2.75, 3.05) is 6.54 Å². The van der Waals surface area contributed by atoms with E-state index in [2.05, 4.69) is 19.2 Å². The number of nitrogens with two attached hydrogens (primary N) is 1. The summed E-state index contributed by atoms with van der Waals surface area (Å²) < 4.78 is 0. The Labute approximate surface area is 96.4 Å². The lowest BCUT2D eigenvalue weighted by Gasteiger charge is -2.10. The molecular weight excluding hydrogens is 208 g/mol. The summed E-state index contributed by atoms with van der Waals surface area (Å²) in [7, 11) is 0. The van der Waals surface area contributed by atoms with Gasteiger partial charge in [-0.15, -0.1) is 0 Å². The number of carbonyl (C=O) groups excluding carboxylic acids is 1. The van der Waals surface area contributed by atoms with Crippen molar-refractivity contribution in [2.24, 2.45) is 11.7 Å². The van der Waals surface area contributed by atoms with Crippen molar-refractivity contribution in [1.82, 2.24) is 5.32 Å². The van der Waals surface area contributed by atoms with Crippen molar-refractivity contribution < 1.29 is 14.7 Å². The fourth-order valence-corrected chi connectivity index (χ4v) is 1.16. The largest absolute Gasteiger partial charge is 0.480 e. The Morgan fingerprint density at radius 1 is 1.38 bits per heavy atom. The van der Waals surface area contributed by atoms with E-state index >= 15 is 0 Å². The summed E-state index contributed by atoms with van der Waals surface area (Å²) >= 11 is 0. The molecule has 5 nitrogen and oxygen atoms in total. The Hall–Kier alpha value is -1.10. The predicted molar refractivity (Wildman–Crippen MR) is 61.9 cm³/mol. The van der Waals surface area contributed by atoms with Gasteiger partial charge in [-0.2, -0.15) is 0 Å². The van der Waals surface area contributed by atoms with Gasteiger partial charge in [0.1, 0.15) is 6.04 Å². The molecule has 2 atom stereocenters. The number of carboxylic acids is 1. The predicted octanol–water partition coefficient (Wildman–Crippen LogP) is 0.731. The minimum Gasteiger partial charge on any atom is -0.480 e. The molecule has 0 rings (SSSR count). The molecule has 0 fully saturated rings. The molecule has 1 amide bonds. The molecule has 0 radical (unpaired) electrons. The Bertz CT molecular complexity index is 231. The first-order valence-corrected chi connectivity index (χ1v) is 5.72. The summed E-state index contributed by atoms with van der Waals surface area (Å²) in [6.07, 6.45) is 2.41. The first-order valence-electron chi connectivity index (χ1n) is 5.72. The number of hydrogen-bond donors (Lipinski definition) is 3. The zero-order chi connectivity index (χ0) is 12.6. The van der Waals surface area contributed by atoms with Crippen LogP contribution < -0.4 is 11.1 Å². The molecule has 0 aliphatic rings. The molecule has 16 heavy (non-hydrogen) atoms. The van der Waals surface area contributed by atoms with Gasteiger partial charge in [0, 0.05) is 13.0 Å². The lowest BCUT2D eigenvalue weighted by Crippen LogP contribution is -2.33. The molecular formula is C11H22N2O3. The lowest BCUT2D eigenvalue weighted by molar-refractivity contribution is -0.138. The summed E-state index contributed by atoms with van der Waals surface area (Å²) in [6.45, 7) is 4.89. The smallest absolute Gasteiger partial charge is 0.320 e. The van der Waals surface area contributed by atoms with E-state index in [1.165, 1.54) is 0 Å². The van der Waals surface area contributed by atoms with Crippen molar-refractivity contribution in [1.29, 1.82) is 0 Å². The molecule has 0 spiro atoms. The van der Waals surface area contributed by atoms with E-state index in [1.807, 2.05) is 0 Å². The van der Waals surface area contributed by atoms with Gasteiger partial charge in [0.05, 0.1) is 0 Å². The van der Waals surface area contributed by atoms with Crippen LogP contribution in [0.4, 0.5) is 0 Å². The Morgan fingerprint density at radius 2 is 2.00 bits per heavy atom. The number of nitrogens with one attached hydrogen (secondary N) is 1. The van der Waals surface area contributed by atoms with Crippen LogP contribution in [0.1, 0.15) is 39.5 Å². The third kappa shape index (κ3) is 7.23. The van der Waals surface area contributed by atoms with Gasteiger partial charge in [0.2, 0.25) is 5.91 Å². The number of amides is 1. The second-order valence-electron chi connectivity index (χ2n) is 4.14. The molecule has 0 aromatic rings. The first kappa shape index (κ1) is 14.9. The maximum atomic E-state index is 11.3. The highest BCUT2D eigenvalue weighted by molar-refractivity contribution is 5.78. The second kappa shape index (κ2) is 8.10. The van der Waals surface area contributed by atoms with Gasteiger partial charge in [-0.3, -0.25) is 9.59 Å². The molecule has 0 heterocycles. The highest BCUT2D eigenvalue weighted by atomic mass is 16.4. The molecule has 0 saturated carbocycles. The monoisotopic (exact) mass is 230 g/mol. The van der Waals surface area contributed by atoms with Gasteiger partial charge in [0.25, 0.3) is 0 Å². The average molecular weight is 230 g/mol. The normalized spacial score (nSPS) is 14.2. The van der Waals surface area contributed by atoms with E-state index in [-0.39, 0.29) is 18.7 Å². The van der Waals surface area contributed by atoms with Crippen molar-refractivity contribution in [3.8, 4) is 0 Å². The molecule has 0 saturated heterocycles. The SMILES string of the molecule is CCC(C)CCNC(=O)CCC(N)C(=O)O. The standard InChI is InChI=1S/C11H22N2O3/c1-3-8(2)6-7-13-10(14)5-4-9(12)11(15)16/h8-9H,3-7,12H2,1-2H3,(H,13,14)(H,15,16). The highest BCUT2D eigenvalue weighted by Crippen LogP contribution is 2.04. The number of rotatable bonds is 8. The maximum absolute atomic E-state index is 11.3. The van der Waals surface area contributed by atoms with E-state index in [1.54, 1.807) is 0 Å². The quantitative estimate of drug-likeness (QED) is 0.573. The second-order valence-corrected chi connectivity index (χ2v) is 4.14. The van der Waals surface area contributed by atoms with Gasteiger partial charge >= 0.3 is 5.97 Å². The minimum absolute atomic E-state index is 0.125. The lowest BCUT2D eigenvalue weighted by atomic mass is 10.1. The fraction of sp³-hybridized carbons (Fsp3) is 0.818. The van der Waals surface area contributed by atoms with Gasteiger partial charge in [-0.25, -0.2) is 0 Å². The summed E-state index contributed by atoms with van der Waals surface area (Å²) in [5, 5.41) is 11.3. The molecule has 4 N–H and O–H groups in total. The van der Waals surface area contributed by atoms with Crippen LogP contribution in [-0.2, 0) is 9.59 Å². The van der Waals surface area contributed by atoms with Crippen LogP contribution in [0.5, 0.6) is 0 Å². The topological polar surface area (TPSA) is 92.4 Å². The van der Waals surface area contributed by atoms with Gasteiger partial charge in [-0.05, 0) is 18.8 Å².